The lowest BCUT2D eigenvalue weighted by Gasteiger charge is -2.21. The van der Waals surface area contributed by atoms with Crippen molar-refractivity contribution in [1.82, 2.24) is 5.32 Å². The zero-order chi connectivity index (χ0) is 18.3. The van der Waals surface area contributed by atoms with E-state index >= 15 is 0 Å². The third kappa shape index (κ3) is 6.19. The van der Waals surface area contributed by atoms with Gasteiger partial charge in [0.15, 0.2) is 0 Å². The first-order chi connectivity index (χ1) is 11.2. The number of thioether (sulfide) groups is 1. The van der Waals surface area contributed by atoms with Crippen molar-refractivity contribution in [2.45, 2.75) is 39.0 Å². The summed E-state index contributed by atoms with van der Waals surface area (Å²) < 4.78 is 0. The number of carbonyl (C=O) groups is 2. The summed E-state index contributed by atoms with van der Waals surface area (Å²) in [5.74, 6) is -0.381. The predicted octanol–water partition coefficient (Wildman–Crippen LogP) is 2.82. The molecule has 0 heterocycles. The van der Waals surface area contributed by atoms with E-state index in [-0.39, 0.29) is 46.2 Å². The Bertz CT molecular complexity index is 605. The fourth-order valence-electron chi connectivity index (χ4n) is 2.03. The molecule has 8 heteroatoms. The van der Waals surface area contributed by atoms with Crippen LogP contribution < -0.4 is 10.6 Å². The molecule has 0 saturated heterocycles. The number of nitro groups is 1. The normalized spacial score (nSPS) is 12.1. The number of nitro benzene ring substituents is 1. The first-order valence-corrected chi connectivity index (χ1v) is 8.72. The highest BCUT2D eigenvalue weighted by atomic mass is 32.2. The van der Waals surface area contributed by atoms with Gasteiger partial charge in [-0.1, -0.05) is 26.0 Å². The molecule has 0 bridgehead atoms. The maximum absolute atomic E-state index is 12.2. The third-order valence-corrected chi connectivity index (χ3v) is 4.61. The van der Waals surface area contributed by atoms with Gasteiger partial charge in [-0.3, -0.25) is 19.7 Å². The molecule has 0 aliphatic carbocycles. The number of hydrogen-bond donors (Lipinski definition) is 2. The molecule has 0 aliphatic rings. The van der Waals surface area contributed by atoms with E-state index in [1.54, 1.807) is 6.07 Å². The summed E-state index contributed by atoms with van der Waals surface area (Å²) in [5.41, 5.74) is -0.00496. The van der Waals surface area contributed by atoms with Gasteiger partial charge < -0.3 is 10.6 Å². The minimum absolute atomic E-state index is 0.0279. The van der Waals surface area contributed by atoms with Gasteiger partial charge in [0.1, 0.15) is 5.69 Å². The number of amides is 2. The van der Waals surface area contributed by atoms with E-state index in [1.807, 2.05) is 27.7 Å². The first-order valence-electron chi connectivity index (χ1n) is 7.67. The van der Waals surface area contributed by atoms with Gasteiger partial charge in [-0.15, -0.1) is 11.8 Å². The zero-order valence-corrected chi connectivity index (χ0v) is 15.1. The van der Waals surface area contributed by atoms with Crippen LogP contribution in [0.25, 0.3) is 0 Å². The Morgan fingerprint density at radius 1 is 1.21 bits per heavy atom. The van der Waals surface area contributed by atoms with Crippen molar-refractivity contribution in [3.05, 3.63) is 34.4 Å². The van der Waals surface area contributed by atoms with Gasteiger partial charge >= 0.3 is 0 Å². The second-order valence-corrected chi connectivity index (χ2v) is 7.09. The van der Waals surface area contributed by atoms with Gasteiger partial charge in [-0.25, -0.2) is 0 Å². The summed E-state index contributed by atoms with van der Waals surface area (Å²) in [6.07, 6.45) is 0. The maximum atomic E-state index is 12.2. The van der Waals surface area contributed by atoms with Crippen molar-refractivity contribution in [2.75, 3.05) is 11.1 Å². The van der Waals surface area contributed by atoms with Crippen LogP contribution in [0.4, 0.5) is 11.4 Å². The summed E-state index contributed by atoms with van der Waals surface area (Å²) in [6, 6.07) is 5.98. The van der Waals surface area contributed by atoms with Crippen molar-refractivity contribution in [3.8, 4) is 0 Å². The third-order valence-electron chi connectivity index (χ3n) is 3.06. The molecule has 0 spiro atoms. The van der Waals surface area contributed by atoms with Crippen LogP contribution in [0.3, 0.4) is 0 Å². The smallest absolute Gasteiger partial charge is 0.292 e. The Morgan fingerprint density at radius 3 is 2.38 bits per heavy atom. The highest BCUT2D eigenvalue weighted by Crippen LogP contribution is 2.24. The standard InChI is InChI=1S/C16H23N3O4S/c1-10(2)15(16(21)17-11(3)4)24-9-14(20)18-12-7-5-6-8-13(12)19(22)23/h5-8,10-11,15H,9H2,1-4H3,(H,17,21)(H,18,20). The molecule has 2 N–H and O–H groups in total. The summed E-state index contributed by atoms with van der Waals surface area (Å²) >= 11 is 1.23. The second-order valence-electron chi connectivity index (χ2n) is 5.96. The van der Waals surface area contributed by atoms with Crippen LogP contribution in [0.15, 0.2) is 24.3 Å². The van der Waals surface area contributed by atoms with Crippen LogP contribution in [0.5, 0.6) is 0 Å². The molecular weight excluding hydrogens is 330 g/mol. The average Bonchev–Trinajstić information content (AvgIpc) is 2.46. The molecule has 0 aliphatic heterocycles. The van der Waals surface area contributed by atoms with E-state index < -0.39 is 4.92 Å². The van der Waals surface area contributed by atoms with E-state index in [9.17, 15) is 19.7 Å². The Morgan fingerprint density at radius 2 is 1.83 bits per heavy atom. The minimum atomic E-state index is -0.546. The van der Waals surface area contributed by atoms with Gasteiger partial charge in [0.2, 0.25) is 11.8 Å². The number of carbonyl (C=O) groups excluding carboxylic acids is 2. The number of nitrogens with zero attached hydrogens (tertiary/aromatic N) is 1. The summed E-state index contributed by atoms with van der Waals surface area (Å²) in [5, 5.41) is 16.0. The molecule has 7 nitrogen and oxygen atoms in total. The number of para-hydroxylation sites is 2. The lowest BCUT2D eigenvalue weighted by molar-refractivity contribution is -0.383. The monoisotopic (exact) mass is 353 g/mol. The van der Waals surface area contributed by atoms with Crippen molar-refractivity contribution in [1.29, 1.82) is 0 Å². The molecule has 1 aromatic rings. The lowest BCUT2D eigenvalue weighted by Crippen LogP contribution is -2.40. The highest BCUT2D eigenvalue weighted by Gasteiger charge is 2.24. The van der Waals surface area contributed by atoms with Gasteiger partial charge in [-0.2, -0.15) is 0 Å². The van der Waals surface area contributed by atoms with Gasteiger partial charge in [0.25, 0.3) is 5.69 Å². The molecule has 1 unspecified atom stereocenters. The molecule has 2 amide bonds. The van der Waals surface area contributed by atoms with E-state index in [0.717, 1.165) is 0 Å². The van der Waals surface area contributed by atoms with Crippen LogP contribution in [-0.4, -0.2) is 33.8 Å². The molecule has 0 aromatic heterocycles. The maximum Gasteiger partial charge on any atom is 0.292 e. The van der Waals surface area contributed by atoms with Gasteiger partial charge in [-0.05, 0) is 25.8 Å². The van der Waals surface area contributed by atoms with Crippen molar-refractivity contribution in [2.24, 2.45) is 5.92 Å². The molecule has 132 valence electrons. The molecule has 24 heavy (non-hydrogen) atoms. The summed E-state index contributed by atoms with van der Waals surface area (Å²) in [6.45, 7) is 7.58. The first kappa shape index (κ1) is 20.0. The van der Waals surface area contributed by atoms with Crippen molar-refractivity contribution in [3.63, 3.8) is 0 Å². The highest BCUT2D eigenvalue weighted by molar-refractivity contribution is 8.01. The van der Waals surface area contributed by atoms with E-state index in [4.69, 9.17) is 0 Å². The number of benzene rings is 1. The average molecular weight is 353 g/mol. The van der Waals surface area contributed by atoms with E-state index in [1.165, 1.54) is 30.0 Å². The topological polar surface area (TPSA) is 101 Å². The predicted molar refractivity (Wildman–Crippen MR) is 96.1 cm³/mol. The molecule has 0 fully saturated rings. The fraction of sp³-hybridized carbons (Fsp3) is 0.500. The van der Waals surface area contributed by atoms with Gasteiger partial charge in [0, 0.05) is 12.1 Å². The quantitative estimate of drug-likeness (QED) is 0.553. The van der Waals surface area contributed by atoms with Gasteiger partial charge in [0.05, 0.1) is 15.9 Å². The SMILES string of the molecule is CC(C)NC(=O)C(SCC(=O)Nc1ccccc1[N+](=O)[O-])C(C)C. The largest absolute Gasteiger partial charge is 0.353 e. The Balaban J connectivity index is 2.67. The molecule has 1 aromatic carbocycles. The Kier molecular flexibility index (Phi) is 7.70. The molecular formula is C16H23N3O4S. The number of anilines is 1. The van der Waals surface area contributed by atoms with E-state index in [0.29, 0.717) is 0 Å². The lowest BCUT2D eigenvalue weighted by atomic mass is 10.1. The number of hydrogen-bond acceptors (Lipinski definition) is 5. The minimum Gasteiger partial charge on any atom is -0.353 e. The van der Waals surface area contributed by atoms with Crippen LogP contribution in [0.2, 0.25) is 0 Å². The molecule has 1 rings (SSSR count). The van der Waals surface area contributed by atoms with Crippen LogP contribution >= 0.6 is 11.8 Å². The Hall–Kier alpha value is -2.09. The summed E-state index contributed by atoms with van der Waals surface area (Å²) in [4.78, 5) is 34.6. The van der Waals surface area contributed by atoms with Crippen LogP contribution in [0, 0.1) is 16.0 Å². The van der Waals surface area contributed by atoms with Crippen molar-refractivity contribution >= 4 is 35.0 Å². The summed E-state index contributed by atoms with van der Waals surface area (Å²) in [7, 11) is 0. The van der Waals surface area contributed by atoms with Crippen LogP contribution in [0.1, 0.15) is 27.7 Å². The fourth-order valence-corrected chi connectivity index (χ4v) is 3.04. The van der Waals surface area contributed by atoms with Crippen molar-refractivity contribution < 1.29 is 14.5 Å². The molecule has 0 saturated carbocycles. The Labute approximate surface area is 145 Å². The van der Waals surface area contributed by atoms with E-state index in [2.05, 4.69) is 10.6 Å². The second kappa shape index (κ2) is 9.27. The molecule has 0 radical (unpaired) electrons. The number of nitrogens with one attached hydrogen (secondary N) is 2. The van der Waals surface area contributed by atoms with Crippen LogP contribution in [-0.2, 0) is 9.59 Å². The number of rotatable bonds is 8. The zero-order valence-electron chi connectivity index (χ0n) is 14.2. The molecule has 1 atom stereocenters.